The third kappa shape index (κ3) is 6.33. The van der Waals surface area contributed by atoms with E-state index in [1.165, 1.54) is 0 Å². The summed E-state index contributed by atoms with van der Waals surface area (Å²) in [4.78, 5) is 15.4. The predicted octanol–water partition coefficient (Wildman–Crippen LogP) is 5.09. The van der Waals surface area contributed by atoms with Gasteiger partial charge in [-0.15, -0.1) is 0 Å². The summed E-state index contributed by atoms with van der Waals surface area (Å²) in [5, 5.41) is 11.0. The molecule has 32 heavy (non-hydrogen) atoms. The van der Waals surface area contributed by atoms with Gasteiger partial charge in [-0.05, 0) is 42.1 Å². The van der Waals surface area contributed by atoms with Crippen LogP contribution in [-0.4, -0.2) is 54.9 Å². The van der Waals surface area contributed by atoms with Crippen LogP contribution < -0.4 is 0 Å². The molecule has 0 radical (unpaired) electrons. The Bertz CT molecular complexity index is 681. The van der Waals surface area contributed by atoms with Gasteiger partial charge in [0.2, 0.25) is 5.91 Å². The van der Waals surface area contributed by atoms with E-state index in [-0.39, 0.29) is 36.0 Å². The number of amides is 1. The van der Waals surface area contributed by atoms with E-state index in [9.17, 15) is 9.90 Å². The fourth-order valence-electron chi connectivity index (χ4n) is 5.22. The van der Waals surface area contributed by atoms with Crippen molar-refractivity contribution >= 4 is 5.91 Å². The number of aliphatic hydroxyl groups excluding tert-OH is 1. The number of methoxy groups -OCH3 is 2. The van der Waals surface area contributed by atoms with Crippen molar-refractivity contribution < 1.29 is 19.4 Å². The van der Waals surface area contributed by atoms with Crippen molar-refractivity contribution in [2.24, 2.45) is 23.7 Å². The minimum Gasteiger partial charge on any atom is -0.388 e. The first-order valence-electron chi connectivity index (χ1n) is 12.3. The molecule has 182 valence electrons. The highest BCUT2D eigenvalue weighted by molar-refractivity contribution is 5.77. The topological polar surface area (TPSA) is 59.0 Å². The fourth-order valence-corrected chi connectivity index (χ4v) is 5.22. The zero-order valence-electron chi connectivity index (χ0n) is 21.2. The summed E-state index contributed by atoms with van der Waals surface area (Å²) >= 11 is 0. The second kappa shape index (κ2) is 12.7. The molecule has 1 aromatic rings. The van der Waals surface area contributed by atoms with Crippen LogP contribution in [0.5, 0.6) is 0 Å². The van der Waals surface area contributed by atoms with Gasteiger partial charge in [-0.25, -0.2) is 0 Å². The molecule has 1 aliphatic heterocycles. The maximum absolute atomic E-state index is 13.3. The molecule has 0 saturated carbocycles. The lowest BCUT2D eigenvalue weighted by atomic mass is 9.80. The number of hydrogen-bond acceptors (Lipinski definition) is 4. The predicted molar refractivity (Wildman–Crippen MR) is 129 cm³/mol. The molecular formula is C27H45NO4. The molecule has 5 nitrogen and oxygen atoms in total. The minimum atomic E-state index is -0.566. The molecule has 0 bridgehead atoms. The van der Waals surface area contributed by atoms with Crippen LogP contribution in [0.15, 0.2) is 30.3 Å². The van der Waals surface area contributed by atoms with Crippen LogP contribution >= 0.6 is 0 Å². The molecule has 5 heteroatoms. The Morgan fingerprint density at radius 2 is 1.72 bits per heavy atom. The Balaban J connectivity index is 2.11. The van der Waals surface area contributed by atoms with Crippen LogP contribution in [0.4, 0.5) is 0 Å². The zero-order chi connectivity index (χ0) is 23.8. The van der Waals surface area contributed by atoms with E-state index in [1.54, 1.807) is 14.2 Å². The number of hydrogen-bond donors (Lipinski definition) is 1. The van der Waals surface area contributed by atoms with Crippen molar-refractivity contribution in [2.45, 2.75) is 84.7 Å². The Labute approximate surface area is 195 Å². The van der Waals surface area contributed by atoms with Gasteiger partial charge >= 0.3 is 0 Å². The number of nitrogens with zero attached hydrogens (tertiary/aromatic N) is 1. The molecule has 1 aliphatic rings. The first-order chi connectivity index (χ1) is 15.3. The lowest BCUT2D eigenvalue weighted by Gasteiger charge is -2.38. The van der Waals surface area contributed by atoms with E-state index in [0.717, 1.165) is 31.4 Å². The summed E-state index contributed by atoms with van der Waals surface area (Å²) in [6.07, 6.45) is 2.64. The van der Waals surface area contributed by atoms with Gasteiger partial charge in [0, 0.05) is 20.8 Å². The standard InChI is InChI=1S/C27H45NO4/c1-8-18(2)19(3)24(31-6)17-25(29)28-16-12-15-23(28)27(32-7)21(5)20(4)26(30)22-13-10-9-11-14-22/h9-11,13-14,18-21,23-24,26-27,30H,8,12,15-17H2,1-7H3/t18-,19-,20-,21-,23-,24?,26+,27+/m0/s1. The largest absolute Gasteiger partial charge is 0.388 e. The molecule has 1 unspecified atom stereocenters. The molecular weight excluding hydrogens is 402 g/mol. The number of benzene rings is 1. The van der Waals surface area contributed by atoms with E-state index >= 15 is 0 Å². The normalized spacial score (nSPS) is 23.2. The number of carbonyl (C=O) groups is 1. The van der Waals surface area contributed by atoms with Gasteiger partial charge in [0.1, 0.15) is 0 Å². The van der Waals surface area contributed by atoms with Crippen molar-refractivity contribution in [3.05, 3.63) is 35.9 Å². The Kier molecular flexibility index (Phi) is 10.7. The second-order valence-corrected chi connectivity index (χ2v) is 9.79. The van der Waals surface area contributed by atoms with Crippen LogP contribution in [0.3, 0.4) is 0 Å². The Hall–Kier alpha value is -1.43. The zero-order valence-corrected chi connectivity index (χ0v) is 21.2. The monoisotopic (exact) mass is 447 g/mol. The van der Waals surface area contributed by atoms with Crippen molar-refractivity contribution in [3.8, 4) is 0 Å². The van der Waals surface area contributed by atoms with Gasteiger partial charge in [0.15, 0.2) is 0 Å². The number of rotatable bonds is 12. The van der Waals surface area contributed by atoms with E-state index in [1.807, 2.05) is 35.2 Å². The Morgan fingerprint density at radius 3 is 2.28 bits per heavy atom. The summed E-state index contributed by atoms with van der Waals surface area (Å²) in [6, 6.07) is 9.82. The molecule has 0 spiro atoms. The summed E-state index contributed by atoms with van der Waals surface area (Å²) in [5.41, 5.74) is 0.919. The fraction of sp³-hybridized carbons (Fsp3) is 0.741. The highest BCUT2D eigenvalue weighted by Gasteiger charge is 2.41. The van der Waals surface area contributed by atoms with Crippen molar-refractivity contribution in [1.29, 1.82) is 0 Å². The molecule has 1 amide bonds. The van der Waals surface area contributed by atoms with Crippen molar-refractivity contribution in [3.63, 3.8) is 0 Å². The molecule has 0 aromatic heterocycles. The quantitative estimate of drug-likeness (QED) is 0.485. The molecule has 2 rings (SSSR count). The summed E-state index contributed by atoms with van der Waals surface area (Å²) in [6.45, 7) is 11.6. The van der Waals surface area contributed by atoms with E-state index in [2.05, 4.69) is 34.6 Å². The first-order valence-corrected chi connectivity index (χ1v) is 12.3. The summed E-state index contributed by atoms with van der Waals surface area (Å²) < 4.78 is 11.7. The van der Waals surface area contributed by atoms with Crippen LogP contribution in [-0.2, 0) is 14.3 Å². The average molecular weight is 448 g/mol. The smallest absolute Gasteiger partial charge is 0.225 e. The summed E-state index contributed by atoms with van der Waals surface area (Å²) in [5.74, 6) is 1.07. The van der Waals surface area contributed by atoms with Crippen LogP contribution in [0.25, 0.3) is 0 Å². The van der Waals surface area contributed by atoms with Crippen molar-refractivity contribution in [1.82, 2.24) is 4.90 Å². The van der Waals surface area contributed by atoms with Gasteiger partial charge in [-0.2, -0.15) is 0 Å². The maximum atomic E-state index is 13.3. The molecule has 1 fully saturated rings. The van der Waals surface area contributed by atoms with E-state index in [4.69, 9.17) is 9.47 Å². The van der Waals surface area contributed by atoms with Gasteiger partial charge < -0.3 is 19.5 Å². The van der Waals surface area contributed by atoms with E-state index < -0.39 is 6.10 Å². The van der Waals surface area contributed by atoms with Crippen LogP contribution in [0.1, 0.15) is 72.0 Å². The first kappa shape index (κ1) is 26.8. The maximum Gasteiger partial charge on any atom is 0.225 e. The molecule has 1 heterocycles. The lowest BCUT2D eigenvalue weighted by Crippen LogP contribution is -2.49. The van der Waals surface area contributed by atoms with Gasteiger partial charge in [-0.1, -0.05) is 71.4 Å². The number of ether oxygens (including phenoxy) is 2. The number of carbonyl (C=O) groups excluding carboxylic acids is 1. The third-order valence-corrected chi connectivity index (χ3v) is 8.06. The van der Waals surface area contributed by atoms with Gasteiger partial charge in [0.05, 0.1) is 30.8 Å². The van der Waals surface area contributed by atoms with Crippen molar-refractivity contribution in [2.75, 3.05) is 20.8 Å². The Morgan fingerprint density at radius 1 is 1.06 bits per heavy atom. The SMILES string of the molecule is CC[C@H](C)[C@H](C)C(CC(=O)N1CCC[C@H]1[C@H](OC)[C@@H](C)[C@H](C)[C@@H](O)c1ccccc1)OC. The van der Waals surface area contributed by atoms with Gasteiger partial charge in [-0.3, -0.25) is 4.79 Å². The molecule has 1 aromatic carbocycles. The average Bonchev–Trinajstić information content (AvgIpc) is 3.31. The summed E-state index contributed by atoms with van der Waals surface area (Å²) in [7, 11) is 3.44. The highest BCUT2D eigenvalue weighted by Crippen LogP contribution is 2.35. The molecule has 1 saturated heterocycles. The van der Waals surface area contributed by atoms with Crippen LogP contribution in [0, 0.1) is 23.7 Å². The molecule has 8 atom stereocenters. The molecule has 0 aliphatic carbocycles. The highest BCUT2D eigenvalue weighted by atomic mass is 16.5. The third-order valence-electron chi connectivity index (χ3n) is 8.06. The second-order valence-electron chi connectivity index (χ2n) is 9.79. The number of aliphatic hydroxyl groups is 1. The number of likely N-dealkylation sites (tertiary alicyclic amines) is 1. The molecule has 1 N–H and O–H groups in total. The van der Waals surface area contributed by atoms with E-state index in [0.29, 0.717) is 18.3 Å². The minimum absolute atomic E-state index is 0.00273. The lowest BCUT2D eigenvalue weighted by molar-refractivity contribution is -0.140. The van der Waals surface area contributed by atoms with Crippen LogP contribution in [0.2, 0.25) is 0 Å². The van der Waals surface area contributed by atoms with Gasteiger partial charge in [0.25, 0.3) is 0 Å².